The van der Waals surface area contributed by atoms with E-state index >= 15 is 0 Å². The summed E-state index contributed by atoms with van der Waals surface area (Å²) in [5, 5.41) is 2.88. The van der Waals surface area contributed by atoms with Gasteiger partial charge in [-0.15, -0.1) is 0 Å². The molecule has 0 bridgehead atoms. The maximum Gasteiger partial charge on any atom is 0.243 e. The highest BCUT2D eigenvalue weighted by Gasteiger charge is 2.34. The summed E-state index contributed by atoms with van der Waals surface area (Å²) in [6, 6.07) is 8.43. The number of benzene rings is 1. The van der Waals surface area contributed by atoms with E-state index in [9.17, 15) is 18.0 Å². The van der Waals surface area contributed by atoms with E-state index in [0.717, 1.165) is 6.42 Å². The van der Waals surface area contributed by atoms with Crippen LogP contribution in [0.15, 0.2) is 35.2 Å². The summed E-state index contributed by atoms with van der Waals surface area (Å²) >= 11 is 0. The maximum atomic E-state index is 13.0. The topological polar surface area (TPSA) is 99.3 Å². The van der Waals surface area contributed by atoms with Gasteiger partial charge in [-0.25, -0.2) is 8.42 Å². The molecule has 0 aromatic heterocycles. The average Bonchev–Trinajstić information content (AvgIpc) is 2.82. The van der Waals surface area contributed by atoms with E-state index in [1.165, 1.54) is 4.31 Å². The quantitative estimate of drug-likeness (QED) is 0.529. The first-order chi connectivity index (χ1) is 15.4. The molecule has 1 aromatic rings. The zero-order valence-electron chi connectivity index (χ0n) is 18.7. The molecule has 0 atom stereocenters. The molecule has 2 aliphatic heterocycles. The highest BCUT2D eigenvalue weighted by atomic mass is 32.2. The highest BCUT2D eigenvalue weighted by Crippen LogP contribution is 2.25. The molecular formula is C22H34N4O5S. The van der Waals surface area contributed by atoms with Gasteiger partial charge in [0, 0.05) is 65.4 Å². The van der Waals surface area contributed by atoms with Crippen LogP contribution in [-0.4, -0.2) is 100 Å². The molecule has 0 aliphatic carbocycles. The molecule has 0 saturated carbocycles. The highest BCUT2D eigenvalue weighted by molar-refractivity contribution is 7.89. The Balaban J connectivity index is 1.40. The molecule has 2 fully saturated rings. The first-order valence-corrected chi connectivity index (χ1v) is 12.7. The Labute approximate surface area is 190 Å². The zero-order valence-corrected chi connectivity index (χ0v) is 19.6. The normalized spacial score (nSPS) is 19.1. The molecule has 2 amide bonds. The zero-order chi connectivity index (χ0) is 23.0. The fraction of sp³-hybridized carbons (Fsp3) is 0.636. The van der Waals surface area contributed by atoms with Crippen molar-refractivity contribution in [1.82, 2.24) is 19.4 Å². The van der Waals surface area contributed by atoms with E-state index in [4.69, 9.17) is 4.74 Å². The fourth-order valence-corrected chi connectivity index (χ4v) is 5.66. The predicted molar refractivity (Wildman–Crippen MR) is 120 cm³/mol. The van der Waals surface area contributed by atoms with Crippen molar-refractivity contribution in [3.8, 4) is 0 Å². The number of sulfonamides is 1. The molecule has 0 spiro atoms. The smallest absolute Gasteiger partial charge is 0.243 e. The summed E-state index contributed by atoms with van der Waals surface area (Å²) < 4.78 is 32.0. The van der Waals surface area contributed by atoms with Crippen molar-refractivity contribution in [2.75, 3.05) is 66.1 Å². The summed E-state index contributed by atoms with van der Waals surface area (Å²) in [5.41, 5.74) is 0. The van der Waals surface area contributed by atoms with Crippen molar-refractivity contribution in [3.05, 3.63) is 30.3 Å². The lowest BCUT2D eigenvalue weighted by Crippen LogP contribution is -2.53. The van der Waals surface area contributed by atoms with Crippen LogP contribution in [0.3, 0.4) is 0 Å². The number of nitrogens with zero attached hydrogens (tertiary/aromatic N) is 3. The van der Waals surface area contributed by atoms with Crippen LogP contribution in [0.1, 0.15) is 19.3 Å². The second-order valence-electron chi connectivity index (χ2n) is 8.29. The van der Waals surface area contributed by atoms with Crippen molar-refractivity contribution in [3.63, 3.8) is 0 Å². The number of carbonyl (C=O) groups is 2. The predicted octanol–water partition coefficient (Wildman–Crippen LogP) is 0.384. The number of hydrogen-bond acceptors (Lipinski definition) is 6. The number of methoxy groups -OCH3 is 1. The van der Waals surface area contributed by atoms with Gasteiger partial charge in [0.25, 0.3) is 0 Å². The molecule has 3 rings (SSSR count). The summed E-state index contributed by atoms with van der Waals surface area (Å²) in [7, 11) is -1.87. The number of ether oxygens (including phenoxy) is 1. The van der Waals surface area contributed by atoms with Crippen molar-refractivity contribution in [2.24, 2.45) is 5.92 Å². The minimum absolute atomic E-state index is 0.00660. The van der Waals surface area contributed by atoms with E-state index in [2.05, 4.69) is 10.2 Å². The van der Waals surface area contributed by atoms with Gasteiger partial charge in [-0.2, -0.15) is 4.31 Å². The van der Waals surface area contributed by atoms with E-state index in [1.807, 2.05) is 4.90 Å². The van der Waals surface area contributed by atoms with Crippen molar-refractivity contribution < 1.29 is 22.7 Å². The number of nitrogens with one attached hydrogen (secondary N) is 1. The number of amides is 2. The van der Waals surface area contributed by atoms with Gasteiger partial charge in [0.1, 0.15) is 0 Å². The molecule has 1 N–H and O–H groups in total. The molecule has 2 aliphatic rings. The Kier molecular flexibility index (Phi) is 9.03. The summed E-state index contributed by atoms with van der Waals surface area (Å²) in [4.78, 5) is 29.2. The summed E-state index contributed by atoms with van der Waals surface area (Å²) in [6.07, 6.45) is 1.86. The van der Waals surface area contributed by atoms with Crippen LogP contribution >= 0.6 is 0 Å². The largest absolute Gasteiger partial charge is 0.385 e. The van der Waals surface area contributed by atoms with E-state index in [-0.39, 0.29) is 17.7 Å². The number of carbonyl (C=O) groups excluding carboxylic acids is 2. The molecule has 10 heteroatoms. The van der Waals surface area contributed by atoms with Crippen molar-refractivity contribution in [2.45, 2.75) is 24.2 Å². The van der Waals surface area contributed by atoms with E-state index in [1.54, 1.807) is 37.4 Å². The lowest BCUT2D eigenvalue weighted by Gasteiger charge is -2.38. The first kappa shape index (κ1) is 24.6. The summed E-state index contributed by atoms with van der Waals surface area (Å²) in [6.45, 7) is 4.80. The first-order valence-electron chi connectivity index (χ1n) is 11.2. The molecule has 2 saturated heterocycles. The minimum Gasteiger partial charge on any atom is -0.385 e. The molecule has 0 unspecified atom stereocenters. The van der Waals surface area contributed by atoms with Crippen molar-refractivity contribution >= 4 is 21.8 Å². The monoisotopic (exact) mass is 466 g/mol. The molecule has 2 heterocycles. The van der Waals surface area contributed by atoms with Gasteiger partial charge in [-0.05, 0) is 31.4 Å². The van der Waals surface area contributed by atoms with Gasteiger partial charge in [-0.1, -0.05) is 18.2 Å². The fourth-order valence-electron chi connectivity index (χ4n) is 4.17. The van der Waals surface area contributed by atoms with Gasteiger partial charge >= 0.3 is 0 Å². The Bertz CT molecular complexity index is 848. The second-order valence-corrected chi connectivity index (χ2v) is 10.2. The van der Waals surface area contributed by atoms with Crippen LogP contribution in [-0.2, 0) is 24.3 Å². The number of piperazine rings is 1. The van der Waals surface area contributed by atoms with Gasteiger partial charge in [-0.3, -0.25) is 14.5 Å². The molecular weight excluding hydrogens is 432 g/mol. The second kappa shape index (κ2) is 11.7. The Morgan fingerprint density at radius 3 is 2.31 bits per heavy atom. The molecule has 1 aromatic carbocycles. The Morgan fingerprint density at radius 1 is 1.03 bits per heavy atom. The summed E-state index contributed by atoms with van der Waals surface area (Å²) in [5.74, 6) is -0.0499. The average molecular weight is 467 g/mol. The number of piperidine rings is 1. The number of hydrogen-bond donors (Lipinski definition) is 1. The standard InChI is InChI=1S/C22H34N4O5S/c1-31-17-5-10-23-21(27)18-24-13-15-25(16-14-24)22(28)19-8-11-26(12-9-19)32(29,30)20-6-3-2-4-7-20/h2-4,6-7,19H,5,8-18H2,1H3,(H,23,27). The minimum atomic E-state index is -3.51. The van der Waals surface area contributed by atoms with Gasteiger partial charge in [0.05, 0.1) is 11.4 Å². The third kappa shape index (κ3) is 6.50. The van der Waals surface area contributed by atoms with Crippen LogP contribution in [0.4, 0.5) is 0 Å². The molecule has 32 heavy (non-hydrogen) atoms. The third-order valence-electron chi connectivity index (χ3n) is 6.08. The van der Waals surface area contributed by atoms with Crippen LogP contribution in [0.5, 0.6) is 0 Å². The molecule has 0 radical (unpaired) electrons. The lowest BCUT2D eigenvalue weighted by molar-refractivity contribution is -0.138. The number of rotatable bonds is 9. The van der Waals surface area contributed by atoms with Crippen molar-refractivity contribution in [1.29, 1.82) is 0 Å². The van der Waals surface area contributed by atoms with Crippen LogP contribution < -0.4 is 5.32 Å². The van der Waals surface area contributed by atoms with Crippen LogP contribution in [0.25, 0.3) is 0 Å². The lowest BCUT2D eigenvalue weighted by atomic mass is 9.96. The maximum absolute atomic E-state index is 13.0. The van der Waals surface area contributed by atoms with Gasteiger partial charge in [0.2, 0.25) is 21.8 Å². The Morgan fingerprint density at radius 2 is 1.69 bits per heavy atom. The third-order valence-corrected chi connectivity index (χ3v) is 8.00. The van der Waals surface area contributed by atoms with Crippen LogP contribution in [0.2, 0.25) is 0 Å². The molecule has 9 nitrogen and oxygen atoms in total. The molecule has 178 valence electrons. The Hall–Kier alpha value is -2.01. The van der Waals surface area contributed by atoms with Gasteiger partial charge in [0.15, 0.2) is 0 Å². The van der Waals surface area contributed by atoms with E-state index < -0.39 is 10.0 Å². The van der Waals surface area contributed by atoms with E-state index in [0.29, 0.717) is 76.7 Å². The SMILES string of the molecule is COCCCNC(=O)CN1CCN(C(=O)C2CCN(S(=O)(=O)c3ccccc3)CC2)CC1. The van der Waals surface area contributed by atoms with Crippen LogP contribution in [0, 0.1) is 5.92 Å². The van der Waals surface area contributed by atoms with Gasteiger partial charge < -0.3 is 15.0 Å².